The second-order valence-corrected chi connectivity index (χ2v) is 10.3. The molecule has 2 aromatic heterocycles. The molecular weight excluding hydrogens is 500 g/mol. The summed E-state index contributed by atoms with van der Waals surface area (Å²) in [5.41, 5.74) is 3.92. The number of carbonyl (C=O) groups excluding carboxylic acids is 1. The van der Waals surface area contributed by atoms with Crippen molar-refractivity contribution in [3.05, 3.63) is 108 Å². The van der Waals surface area contributed by atoms with E-state index in [1.807, 2.05) is 66.3 Å². The molecule has 196 valence electrons. The molecule has 0 spiro atoms. The zero-order valence-electron chi connectivity index (χ0n) is 21.2. The van der Waals surface area contributed by atoms with Crippen LogP contribution in [0.2, 0.25) is 0 Å². The van der Waals surface area contributed by atoms with Gasteiger partial charge in [0.15, 0.2) is 11.4 Å². The molecule has 0 saturated carbocycles. The number of thioether (sulfide) groups is 1. The number of anilines is 1. The number of rotatable bonds is 8. The number of carbonyl (C=O) groups is 1. The van der Waals surface area contributed by atoms with Gasteiger partial charge in [-0.05, 0) is 35.4 Å². The lowest BCUT2D eigenvalue weighted by molar-refractivity contribution is -0.268. The molecule has 4 atom stereocenters. The van der Waals surface area contributed by atoms with Gasteiger partial charge in [-0.1, -0.05) is 55.1 Å². The summed E-state index contributed by atoms with van der Waals surface area (Å²) in [7, 11) is 1.98. The predicted octanol–water partition coefficient (Wildman–Crippen LogP) is 5.14. The van der Waals surface area contributed by atoms with Gasteiger partial charge >= 0.3 is 0 Å². The molecule has 8 nitrogen and oxygen atoms in total. The quantitative estimate of drug-likeness (QED) is 0.304. The van der Waals surface area contributed by atoms with E-state index in [2.05, 4.69) is 22.2 Å². The van der Waals surface area contributed by atoms with Crippen LogP contribution in [-0.2, 0) is 23.1 Å². The molecule has 0 unspecified atom stereocenters. The van der Waals surface area contributed by atoms with Gasteiger partial charge < -0.3 is 24.5 Å². The van der Waals surface area contributed by atoms with Gasteiger partial charge in [0.25, 0.3) is 5.91 Å². The van der Waals surface area contributed by atoms with Crippen LogP contribution in [0, 0.1) is 5.92 Å². The molecule has 4 aromatic rings. The van der Waals surface area contributed by atoms with E-state index < -0.39 is 6.29 Å². The van der Waals surface area contributed by atoms with Crippen LogP contribution < -0.4 is 5.32 Å². The highest BCUT2D eigenvalue weighted by molar-refractivity contribution is 7.99. The Kier molecular flexibility index (Phi) is 8.19. The number of aryl methyl sites for hydroxylation is 1. The summed E-state index contributed by atoms with van der Waals surface area (Å²) in [6.07, 6.45) is 6.02. The number of aliphatic hydroxyl groups is 1. The molecule has 2 N–H and O–H groups in total. The number of pyridine rings is 1. The number of hydrogen-bond donors (Lipinski definition) is 2. The molecule has 1 aliphatic heterocycles. The average molecular weight is 531 g/mol. The number of amides is 1. The summed E-state index contributed by atoms with van der Waals surface area (Å²) < 4.78 is 15.0. The Morgan fingerprint density at radius 1 is 1.05 bits per heavy atom. The van der Waals surface area contributed by atoms with E-state index in [1.165, 1.54) is 6.20 Å². The summed E-state index contributed by atoms with van der Waals surface area (Å²) in [4.78, 5) is 20.9. The number of benzene rings is 2. The number of hydrogen-bond acceptors (Lipinski definition) is 7. The van der Waals surface area contributed by atoms with Crippen molar-refractivity contribution in [2.75, 3.05) is 11.1 Å². The van der Waals surface area contributed by atoms with E-state index in [1.54, 1.807) is 36.3 Å². The number of nitrogens with one attached hydrogen (secondary N) is 1. The minimum atomic E-state index is -0.580. The topological polar surface area (TPSA) is 98.5 Å². The highest BCUT2D eigenvalue weighted by atomic mass is 32.2. The van der Waals surface area contributed by atoms with Crippen molar-refractivity contribution in [1.82, 2.24) is 14.5 Å². The lowest BCUT2D eigenvalue weighted by Crippen LogP contribution is -2.38. The lowest BCUT2D eigenvalue weighted by atomic mass is 9.91. The number of aromatic nitrogens is 3. The summed E-state index contributed by atoms with van der Waals surface area (Å²) in [5.74, 6) is 0.579. The average Bonchev–Trinajstić information content (AvgIpc) is 3.38. The Hall–Kier alpha value is -3.50. The van der Waals surface area contributed by atoms with Crippen molar-refractivity contribution in [2.24, 2.45) is 13.0 Å². The molecule has 5 rings (SSSR count). The van der Waals surface area contributed by atoms with Gasteiger partial charge in [0, 0.05) is 54.8 Å². The van der Waals surface area contributed by atoms with Crippen LogP contribution >= 0.6 is 11.8 Å². The normalized spacial score (nSPS) is 21.2. The van der Waals surface area contributed by atoms with Gasteiger partial charge in [-0.2, -0.15) is 0 Å². The third-order valence-electron chi connectivity index (χ3n) is 6.64. The van der Waals surface area contributed by atoms with Crippen LogP contribution in [0.1, 0.15) is 46.4 Å². The number of aliphatic hydroxyl groups excluding tert-OH is 1. The van der Waals surface area contributed by atoms with Crippen LogP contribution in [-0.4, -0.2) is 37.4 Å². The summed E-state index contributed by atoms with van der Waals surface area (Å²) in [6, 6.07) is 18.8. The van der Waals surface area contributed by atoms with E-state index in [9.17, 15) is 9.90 Å². The van der Waals surface area contributed by atoms with Gasteiger partial charge in [-0.3, -0.25) is 9.78 Å². The molecule has 1 amide bonds. The Bertz CT molecular complexity index is 1350. The first-order valence-electron chi connectivity index (χ1n) is 12.4. The van der Waals surface area contributed by atoms with Crippen LogP contribution in [0.25, 0.3) is 0 Å². The maximum Gasteiger partial charge on any atom is 0.257 e. The number of imidazole rings is 1. The third kappa shape index (κ3) is 5.97. The van der Waals surface area contributed by atoms with Crippen molar-refractivity contribution in [3.63, 3.8) is 0 Å². The fraction of sp³-hybridized carbons (Fsp3) is 0.276. The Morgan fingerprint density at radius 2 is 1.82 bits per heavy atom. The molecular formula is C29H30N4O4S. The molecule has 38 heavy (non-hydrogen) atoms. The first kappa shape index (κ1) is 26.1. The van der Waals surface area contributed by atoms with Crippen LogP contribution in [0.5, 0.6) is 0 Å². The smallest absolute Gasteiger partial charge is 0.257 e. The van der Waals surface area contributed by atoms with Crippen molar-refractivity contribution < 1.29 is 19.4 Å². The SMILES string of the molecule is C[C@@H]1[C@H](CSc2nccn2C)O[C@H](c2ccc(NC(=O)c3cccnc3)cc2)O[C@@H]1c1ccc(CO)cc1. The van der Waals surface area contributed by atoms with Gasteiger partial charge in [0.1, 0.15) is 0 Å². The van der Waals surface area contributed by atoms with Gasteiger partial charge in [-0.25, -0.2) is 4.98 Å². The highest BCUT2D eigenvalue weighted by Gasteiger charge is 2.38. The van der Waals surface area contributed by atoms with E-state index in [0.29, 0.717) is 11.3 Å². The summed E-state index contributed by atoms with van der Waals surface area (Å²) in [5, 5.41) is 13.3. The Morgan fingerprint density at radius 3 is 2.47 bits per heavy atom. The van der Waals surface area contributed by atoms with Crippen LogP contribution in [0.3, 0.4) is 0 Å². The lowest BCUT2D eigenvalue weighted by Gasteiger charge is -2.41. The Labute approximate surface area is 226 Å². The van der Waals surface area contributed by atoms with Gasteiger partial charge in [-0.15, -0.1) is 0 Å². The van der Waals surface area contributed by atoms with Gasteiger partial charge in [0.05, 0.1) is 24.4 Å². The van der Waals surface area contributed by atoms with E-state index >= 15 is 0 Å². The molecule has 2 aromatic carbocycles. The van der Waals surface area contributed by atoms with Crippen LogP contribution in [0.4, 0.5) is 5.69 Å². The minimum absolute atomic E-state index is 0.000303. The van der Waals surface area contributed by atoms with Crippen molar-refractivity contribution >= 4 is 23.4 Å². The van der Waals surface area contributed by atoms with Crippen LogP contribution in [0.15, 0.2) is 90.6 Å². The van der Waals surface area contributed by atoms with Crippen molar-refractivity contribution in [1.29, 1.82) is 0 Å². The second kappa shape index (κ2) is 11.9. The molecule has 1 fully saturated rings. The van der Waals surface area contributed by atoms with Crippen molar-refractivity contribution in [3.8, 4) is 0 Å². The molecule has 3 heterocycles. The maximum absolute atomic E-state index is 12.5. The maximum atomic E-state index is 12.5. The zero-order chi connectivity index (χ0) is 26.5. The Balaban J connectivity index is 1.34. The first-order chi connectivity index (χ1) is 18.5. The predicted molar refractivity (Wildman–Crippen MR) is 146 cm³/mol. The fourth-order valence-corrected chi connectivity index (χ4v) is 5.48. The molecule has 0 bridgehead atoms. The standard InChI is InChI=1S/C29H30N4O4S/c1-19-25(18-38-29-31-14-15-33(29)2)36-28(37-26(19)21-7-5-20(17-34)6-8-21)22-9-11-24(12-10-22)32-27(35)23-4-3-13-30-16-23/h3-16,19,25-26,28,34H,17-18H2,1-2H3,(H,32,35)/t19-,25+,26+,28+/m1/s1. The minimum Gasteiger partial charge on any atom is -0.392 e. The molecule has 0 radical (unpaired) electrons. The van der Waals surface area contributed by atoms with Crippen molar-refractivity contribution in [2.45, 2.75) is 37.2 Å². The molecule has 9 heteroatoms. The summed E-state index contributed by atoms with van der Waals surface area (Å²) in [6.45, 7) is 2.14. The van der Waals surface area contributed by atoms with Gasteiger partial charge in [0.2, 0.25) is 0 Å². The number of nitrogens with zero attached hydrogens (tertiary/aromatic N) is 3. The molecule has 1 saturated heterocycles. The molecule has 1 aliphatic rings. The monoisotopic (exact) mass is 530 g/mol. The highest BCUT2D eigenvalue weighted by Crippen LogP contribution is 2.43. The van der Waals surface area contributed by atoms with E-state index in [4.69, 9.17) is 9.47 Å². The first-order valence-corrected chi connectivity index (χ1v) is 13.4. The fourth-order valence-electron chi connectivity index (χ4n) is 4.38. The third-order valence-corrected chi connectivity index (χ3v) is 7.79. The number of ether oxygens (including phenoxy) is 2. The second-order valence-electron chi connectivity index (χ2n) is 9.27. The summed E-state index contributed by atoms with van der Waals surface area (Å²) >= 11 is 1.66. The zero-order valence-corrected chi connectivity index (χ0v) is 22.0. The van der Waals surface area contributed by atoms with E-state index in [0.717, 1.165) is 27.6 Å². The molecule has 0 aliphatic carbocycles. The van der Waals surface area contributed by atoms with E-state index in [-0.39, 0.29) is 30.6 Å². The largest absolute Gasteiger partial charge is 0.392 e.